The van der Waals surface area contributed by atoms with Crippen LogP contribution in [0, 0.1) is 16.7 Å². The van der Waals surface area contributed by atoms with Crippen LogP contribution in [0.1, 0.15) is 49.7 Å². The number of hydrogen-bond acceptors (Lipinski definition) is 4. The van der Waals surface area contributed by atoms with Gasteiger partial charge in [-0.25, -0.2) is 0 Å². The lowest BCUT2D eigenvalue weighted by molar-refractivity contribution is 0.298. The molecule has 0 saturated carbocycles. The minimum atomic E-state index is -0.389. The number of pyridine rings is 1. The van der Waals surface area contributed by atoms with Crippen molar-refractivity contribution >= 4 is 34.3 Å². The molecule has 0 saturated heterocycles. The van der Waals surface area contributed by atoms with Crippen LogP contribution in [0.5, 0.6) is 5.75 Å². The highest BCUT2D eigenvalue weighted by Crippen LogP contribution is 2.47. The highest BCUT2D eigenvalue weighted by Gasteiger charge is 2.30. The molecule has 6 heteroatoms. The Bertz CT molecular complexity index is 1750. The predicted octanol–water partition coefficient (Wildman–Crippen LogP) is 9.50. The smallest absolute Gasteiger partial charge is 0.130 e. The van der Waals surface area contributed by atoms with Crippen molar-refractivity contribution in [3.05, 3.63) is 113 Å². The van der Waals surface area contributed by atoms with Gasteiger partial charge in [0.15, 0.2) is 0 Å². The second-order valence-corrected chi connectivity index (χ2v) is 13.6. The monoisotopic (exact) mass is 591 g/mol. The molecule has 1 aliphatic rings. The fourth-order valence-electron chi connectivity index (χ4n) is 5.65. The number of ether oxygens (including phenoxy) is 1. The van der Waals surface area contributed by atoms with Crippen molar-refractivity contribution in [2.24, 2.45) is 5.41 Å². The Morgan fingerprint density at radius 2 is 1.81 bits per heavy atom. The van der Waals surface area contributed by atoms with Gasteiger partial charge in [0.2, 0.25) is 0 Å². The fourth-order valence-corrected chi connectivity index (χ4v) is 7.13. The highest BCUT2D eigenvalue weighted by atomic mass is 35.5. The summed E-state index contributed by atoms with van der Waals surface area (Å²) in [7, 11) is 0. The van der Waals surface area contributed by atoms with E-state index in [0.29, 0.717) is 11.9 Å². The number of nitrogens with zero attached hydrogens (tertiary/aromatic N) is 3. The van der Waals surface area contributed by atoms with E-state index in [1.54, 1.807) is 0 Å². The summed E-state index contributed by atoms with van der Waals surface area (Å²) in [5.74, 6) is 0.928. The number of aromatic nitrogens is 2. The second-order valence-electron chi connectivity index (χ2n) is 11.7. The third-order valence-corrected chi connectivity index (χ3v) is 9.51. The molecule has 6 rings (SSSR count). The van der Waals surface area contributed by atoms with E-state index in [-0.39, 0.29) is 5.41 Å². The quantitative estimate of drug-likeness (QED) is 0.171. The molecule has 0 radical (unpaired) electrons. The Morgan fingerprint density at radius 1 is 1.02 bits per heavy atom. The first-order valence-corrected chi connectivity index (χ1v) is 15.7. The van der Waals surface area contributed by atoms with Gasteiger partial charge in [0, 0.05) is 50.1 Å². The van der Waals surface area contributed by atoms with Gasteiger partial charge in [0.25, 0.3) is 0 Å². The summed E-state index contributed by atoms with van der Waals surface area (Å²) in [6, 6.07) is 29.4. The zero-order valence-electron chi connectivity index (χ0n) is 24.2. The van der Waals surface area contributed by atoms with Gasteiger partial charge in [-0.2, -0.15) is 5.26 Å². The summed E-state index contributed by atoms with van der Waals surface area (Å²) in [5, 5.41) is 12.2. The summed E-state index contributed by atoms with van der Waals surface area (Å²) >= 11 is 8.15. The van der Waals surface area contributed by atoms with Crippen LogP contribution in [0.15, 0.2) is 90.0 Å². The second kappa shape index (κ2) is 11.9. The molecule has 1 unspecified atom stereocenters. The van der Waals surface area contributed by atoms with Crippen LogP contribution >= 0.6 is 23.4 Å². The fraction of sp³-hybridized carbons (Fsp3) is 0.278. The number of rotatable bonds is 9. The molecule has 0 N–H and O–H groups in total. The lowest BCUT2D eigenvalue weighted by Crippen LogP contribution is -2.13. The molecule has 0 aliphatic carbocycles. The first-order valence-electron chi connectivity index (χ1n) is 14.4. The molecule has 0 bridgehead atoms. The van der Waals surface area contributed by atoms with Gasteiger partial charge >= 0.3 is 0 Å². The molecule has 0 fully saturated rings. The number of nitriles is 1. The van der Waals surface area contributed by atoms with Gasteiger partial charge < -0.3 is 9.30 Å². The van der Waals surface area contributed by atoms with E-state index in [1.165, 1.54) is 32.6 Å². The van der Waals surface area contributed by atoms with Gasteiger partial charge in [0.1, 0.15) is 12.4 Å². The lowest BCUT2D eigenvalue weighted by atomic mass is 9.89. The van der Waals surface area contributed by atoms with E-state index in [9.17, 15) is 5.26 Å². The van der Waals surface area contributed by atoms with Gasteiger partial charge in [0.05, 0.1) is 22.7 Å². The van der Waals surface area contributed by atoms with Crippen LogP contribution in [-0.2, 0) is 26.0 Å². The predicted molar refractivity (Wildman–Crippen MR) is 173 cm³/mol. The number of halogens is 1. The van der Waals surface area contributed by atoms with Crippen LogP contribution in [0.25, 0.3) is 22.0 Å². The van der Waals surface area contributed by atoms with Crippen LogP contribution in [0.2, 0.25) is 5.02 Å². The van der Waals surface area contributed by atoms with Crippen molar-refractivity contribution in [1.82, 2.24) is 9.55 Å². The van der Waals surface area contributed by atoms with E-state index in [2.05, 4.69) is 60.0 Å². The van der Waals surface area contributed by atoms with Gasteiger partial charge in [-0.1, -0.05) is 67.1 Å². The maximum absolute atomic E-state index is 9.73. The number of benzene rings is 3. The Hall–Kier alpha value is -3.72. The van der Waals surface area contributed by atoms with Gasteiger partial charge in [-0.3, -0.25) is 4.98 Å². The maximum Gasteiger partial charge on any atom is 0.130 e. The van der Waals surface area contributed by atoms with Crippen molar-refractivity contribution in [1.29, 1.82) is 5.26 Å². The third-order valence-electron chi connectivity index (χ3n) is 8.02. The average molecular weight is 592 g/mol. The molecule has 42 heavy (non-hydrogen) atoms. The molecular formula is C36H34ClN3OS. The lowest BCUT2D eigenvalue weighted by Gasteiger charge is -2.22. The van der Waals surface area contributed by atoms with Gasteiger partial charge in [-0.15, -0.1) is 11.8 Å². The number of thioether (sulfide) groups is 1. The van der Waals surface area contributed by atoms with E-state index in [4.69, 9.17) is 21.3 Å². The van der Waals surface area contributed by atoms with Crippen molar-refractivity contribution in [2.75, 3.05) is 0 Å². The van der Waals surface area contributed by atoms with Crippen LogP contribution in [0.4, 0.5) is 0 Å². The van der Waals surface area contributed by atoms with Crippen molar-refractivity contribution < 1.29 is 4.74 Å². The van der Waals surface area contributed by atoms with E-state index in [1.807, 2.05) is 68.2 Å². The molecule has 3 heterocycles. The first kappa shape index (κ1) is 28.4. The Kier molecular flexibility index (Phi) is 8.03. The minimum Gasteiger partial charge on any atom is -0.487 e. The first-order chi connectivity index (χ1) is 20.3. The Balaban J connectivity index is 1.35. The zero-order chi connectivity index (χ0) is 29.3. The van der Waals surface area contributed by atoms with Crippen LogP contribution < -0.4 is 4.74 Å². The zero-order valence-corrected chi connectivity index (χ0v) is 25.8. The highest BCUT2D eigenvalue weighted by molar-refractivity contribution is 8.00. The van der Waals surface area contributed by atoms with Crippen molar-refractivity contribution in [3.63, 3.8) is 0 Å². The molecular weight excluding hydrogens is 558 g/mol. The van der Waals surface area contributed by atoms with Gasteiger partial charge in [-0.05, 0) is 74.6 Å². The summed E-state index contributed by atoms with van der Waals surface area (Å²) in [6.07, 6.45) is 4.50. The molecule has 1 aliphatic heterocycles. The van der Waals surface area contributed by atoms with Crippen molar-refractivity contribution in [3.8, 4) is 22.9 Å². The third kappa shape index (κ3) is 5.93. The summed E-state index contributed by atoms with van der Waals surface area (Å²) in [4.78, 5) is 6.02. The van der Waals surface area contributed by atoms with Crippen LogP contribution in [-0.4, -0.2) is 14.8 Å². The molecule has 1 atom stereocenters. The normalized spacial score (nSPS) is 14.6. The topological polar surface area (TPSA) is 50.8 Å². The molecule has 0 amide bonds. The average Bonchev–Trinajstić information content (AvgIpc) is 3.30. The minimum absolute atomic E-state index is 0.389. The SMILES string of the molecule is CC1Cc2c(OCc3ccc(-c4ccccc4)cn3)ccc3c2c(c(CCC(C)(C)C#N)n3Cc2ccc(Cl)cc2)S1. The molecule has 4 nitrogen and oxygen atoms in total. The molecule has 5 aromatic rings. The van der Waals surface area contributed by atoms with E-state index in [0.717, 1.165) is 53.4 Å². The molecule has 2 aromatic heterocycles. The largest absolute Gasteiger partial charge is 0.487 e. The number of hydrogen-bond donors (Lipinski definition) is 0. The van der Waals surface area contributed by atoms with Crippen LogP contribution in [0.3, 0.4) is 0 Å². The Morgan fingerprint density at radius 3 is 2.52 bits per heavy atom. The maximum atomic E-state index is 9.73. The summed E-state index contributed by atoms with van der Waals surface area (Å²) < 4.78 is 8.93. The van der Waals surface area contributed by atoms with Crippen molar-refractivity contribution in [2.45, 2.75) is 63.3 Å². The van der Waals surface area contributed by atoms with E-state index >= 15 is 0 Å². The molecule has 0 spiro atoms. The Labute approximate surface area is 257 Å². The standard InChI is InChI=1S/C36H34ClN3OS/c1-24-19-30-33(41-22-29-14-11-27(20-39-29)26-7-5-4-6-8-26)16-15-31-34(30)35(42-24)32(17-18-36(2,3)23-38)40(31)21-25-9-12-28(37)13-10-25/h4-16,20,24H,17-19,21-22H2,1-3H3. The molecule has 3 aromatic carbocycles. The van der Waals surface area contributed by atoms with E-state index < -0.39 is 0 Å². The summed E-state index contributed by atoms with van der Waals surface area (Å²) in [6.45, 7) is 7.51. The summed E-state index contributed by atoms with van der Waals surface area (Å²) in [5.41, 5.74) is 7.76. The molecule has 212 valence electrons.